The van der Waals surface area contributed by atoms with Crippen molar-refractivity contribution in [2.24, 2.45) is 0 Å². The smallest absolute Gasteiger partial charge is 0.263 e. The van der Waals surface area contributed by atoms with Crippen molar-refractivity contribution in [1.82, 2.24) is 14.9 Å². The number of thioether (sulfide) groups is 1. The number of thiophene rings is 1. The minimum absolute atomic E-state index is 0.0435. The van der Waals surface area contributed by atoms with Crippen molar-refractivity contribution in [2.75, 3.05) is 18.9 Å². The Balaban J connectivity index is 1.39. The molecule has 3 aromatic rings. The van der Waals surface area contributed by atoms with Crippen LogP contribution in [0.5, 0.6) is 0 Å². The van der Waals surface area contributed by atoms with Crippen molar-refractivity contribution in [3.8, 4) is 0 Å². The van der Waals surface area contributed by atoms with Gasteiger partial charge in [0, 0.05) is 18.0 Å². The summed E-state index contributed by atoms with van der Waals surface area (Å²) in [6.07, 6.45) is 6.78. The molecule has 4 heterocycles. The van der Waals surface area contributed by atoms with Crippen LogP contribution in [-0.4, -0.2) is 40.5 Å². The highest BCUT2D eigenvalue weighted by Gasteiger charge is 2.24. The Morgan fingerprint density at radius 1 is 1.37 bits per heavy atom. The van der Waals surface area contributed by atoms with Crippen LogP contribution in [0.2, 0.25) is 0 Å². The lowest BCUT2D eigenvalue weighted by molar-refractivity contribution is -0.119. The zero-order chi connectivity index (χ0) is 20.5. The van der Waals surface area contributed by atoms with Crippen molar-refractivity contribution < 1.29 is 13.9 Å². The lowest BCUT2D eigenvalue weighted by Crippen LogP contribution is -2.33. The molecule has 1 aliphatic carbocycles. The first-order valence-corrected chi connectivity index (χ1v) is 12.1. The van der Waals surface area contributed by atoms with E-state index in [4.69, 9.17) is 14.1 Å². The first kappa shape index (κ1) is 19.8. The molecule has 2 aliphatic rings. The van der Waals surface area contributed by atoms with Gasteiger partial charge in [0.25, 0.3) is 5.56 Å². The van der Waals surface area contributed by atoms with Crippen LogP contribution in [-0.2, 0) is 28.9 Å². The summed E-state index contributed by atoms with van der Waals surface area (Å²) in [4.78, 5) is 32.6. The van der Waals surface area contributed by atoms with Gasteiger partial charge in [-0.1, -0.05) is 11.8 Å². The van der Waals surface area contributed by atoms with Gasteiger partial charge in [0.15, 0.2) is 5.16 Å². The fourth-order valence-corrected chi connectivity index (χ4v) is 6.21. The molecule has 0 saturated carbocycles. The molecule has 1 N–H and O–H groups in total. The van der Waals surface area contributed by atoms with Gasteiger partial charge >= 0.3 is 0 Å². The summed E-state index contributed by atoms with van der Waals surface area (Å²) in [6, 6.07) is 3.65. The lowest BCUT2D eigenvalue weighted by atomic mass is 10.2. The highest BCUT2D eigenvalue weighted by atomic mass is 32.2. The molecule has 3 aromatic heterocycles. The minimum atomic E-state index is -0.0805. The third-order valence-corrected chi connectivity index (χ3v) is 7.73. The number of furan rings is 1. The monoisotopic (exact) mass is 445 g/mol. The number of nitrogens with one attached hydrogen (secondary N) is 1. The SMILES string of the molecule is O=C(CSc1nc2sc3c(c2c(=O)n1Cc1ccco1)CCC3)NC[C@@H]1CCCO1. The average Bonchev–Trinajstić information content (AvgIpc) is 3.51. The van der Waals surface area contributed by atoms with Crippen molar-refractivity contribution in [1.29, 1.82) is 0 Å². The van der Waals surface area contributed by atoms with Crippen LogP contribution in [0.3, 0.4) is 0 Å². The molecule has 9 heteroatoms. The molecule has 158 valence electrons. The van der Waals surface area contributed by atoms with Gasteiger partial charge in [0.1, 0.15) is 10.6 Å². The quantitative estimate of drug-likeness (QED) is 0.445. The van der Waals surface area contributed by atoms with Crippen LogP contribution >= 0.6 is 23.1 Å². The molecule has 1 fully saturated rings. The molecule has 1 saturated heterocycles. The molecule has 5 rings (SSSR count). The van der Waals surface area contributed by atoms with Gasteiger partial charge in [-0.3, -0.25) is 14.2 Å². The molecule has 0 aromatic carbocycles. The normalized spacial score (nSPS) is 18.2. The summed E-state index contributed by atoms with van der Waals surface area (Å²) in [7, 11) is 0. The van der Waals surface area contributed by atoms with Crippen LogP contribution in [0, 0.1) is 0 Å². The zero-order valence-corrected chi connectivity index (χ0v) is 18.2. The van der Waals surface area contributed by atoms with Crippen LogP contribution in [0.4, 0.5) is 0 Å². The van der Waals surface area contributed by atoms with E-state index in [0.29, 0.717) is 24.0 Å². The first-order chi connectivity index (χ1) is 14.7. The summed E-state index contributed by atoms with van der Waals surface area (Å²) in [6.45, 7) is 1.60. The van der Waals surface area contributed by atoms with E-state index in [1.165, 1.54) is 16.6 Å². The number of rotatable bonds is 7. The maximum atomic E-state index is 13.4. The standard InChI is InChI=1S/C21H23N3O4S2/c25-17(22-10-13-4-2-8-27-13)12-29-21-23-19-18(15-6-1-7-16(15)30-19)20(26)24(21)11-14-5-3-9-28-14/h3,5,9,13H,1-2,4,6-8,10-12H2,(H,22,25)/t13-/m0/s1. The topological polar surface area (TPSA) is 86.4 Å². The van der Waals surface area contributed by atoms with Crippen molar-refractivity contribution in [3.05, 3.63) is 45.0 Å². The molecule has 1 aliphatic heterocycles. The first-order valence-electron chi connectivity index (χ1n) is 10.3. The second-order valence-electron chi connectivity index (χ2n) is 7.63. The molecule has 1 amide bonds. The van der Waals surface area contributed by atoms with E-state index in [9.17, 15) is 9.59 Å². The van der Waals surface area contributed by atoms with Gasteiger partial charge in [-0.15, -0.1) is 11.3 Å². The number of nitrogens with zero attached hydrogens (tertiary/aromatic N) is 2. The third kappa shape index (κ3) is 3.93. The third-order valence-electron chi connectivity index (χ3n) is 5.57. The second-order valence-corrected chi connectivity index (χ2v) is 9.66. The number of aryl methyl sites for hydroxylation is 2. The summed E-state index contributed by atoms with van der Waals surface area (Å²) in [5.41, 5.74) is 1.12. The maximum Gasteiger partial charge on any atom is 0.263 e. The molecule has 0 unspecified atom stereocenters. The highest BCUT2D eigenvalue weighted by molar-refractivity contribution is 7.99. The predicted molar refractivity (Wildman–Crippen MR) is 116 cm³/mol. The van der Waals surface area contributed by atoms with Crippen molar-refractivity contribution in [2.45, 2.75) is 49.9 Å². The molecule has 30 heavy (non-hydrogen) atoms. The van der Waals surface area contributed by atoms with Gasteiger partial charge in [0.2, 0.25) is 5.91 Å². The Labute approximate surface area is 181 Å². The predicted octanol–water partition coefficient (Wildman–Crippen LogP) is 2.98. The van der Waals surface area contributed by atoms with Crippen LogP contribution in [0.25, 0.3) is 10.2 Å². The van der Waals surface area contributed by atoms with Gasteiger partial charge in [0.05, 0.1) is 30.1 Å². The van der Waals surface area contributed by atoms with Crippen LogP contribution in [0.15, 0.2) is 32.8 Å². The number of ether oxygens (including phenoxy) is 1. The number of amides is 1. The minimum Gasteiger partial charge on any atom is -0.467 e. The number of fused-ring (bicyclic) bond motifs is 3. The second kappa shape index (κ2) is 8.56. The zero-order valence-electron chi connectivity index (χ0n) is 16.5. The Hall–Kier alpha value is -2.10. The lowest BCUT2D eigenvalue weighted by Gasteiger charge is -2.13. The molecule has 0 spiro atoms. The molecule has 0 radical (unpaired) electrons. The van der Waals surface area contributed by atoms with Gasteiger partial charge < -0.3 is 14.5 Å². The maximum absolute atomic E-state index is 13.4. The molecule has 0 bridgehead atoms. The van der Waals surface area contributed by atoms with E-state index < -0.39 is 0 Å². The van der Waals surface area contributed by atoms with Crippen LogP contribution < -0.4 is 10.9 Å². The Kier molecular flexibility index (Phi) is 5.66. The fourth-order valence-electron chi connectivity index (χ4n) is 4.08. The van der Waals surface area contributed by atoms with Gasteiger partial charge in [-0.25, -0.2) is 4.98 Å². The Morgan fingerprint density at radius 3 is 3.10 bits per heavy atom. The van der Waals surface area contributed by atoms with Gasteiger partial charge in [-0.2, -0.15) is 0 Å². The molecule has 1 atom stereocenters. The fraction of sp³-hybridized carbons (Fsp3) is 0.476. The number of carbonyl (C=O) groups excluding carboxylic acids is 1. The Bertz CT molecular complexity index is 1110. The van der Waals surface area contributed by atoms with E-state index in [1.807, 2.05) is 6.07 Å². The summed E-state index contributed by atoms with van der Waals surface area (Å²) >= 11 is 2.91. The number of aromatic nitrogens is 2. The van der Waals surface area contributed by atoms with E-state index in [1.54, 1.807) is 28.2 Å². The van der Waals surface area contributed by atoms with Crippen molar-refractivity contribution >= 4 is 39.2 Å². The average molecular weight is 446 g/mol. The largest absolute Gasteiger partial charge is 0.467 e. The van der Waals surface area contributed by atoms with E-state index in [-0.39, 0.29) is 23.3 Å². The van der Waals surface area contributed by atoms with E-state index in [2.05, 4.69) is 5.32 Å². The van der Waals surface area contributed by atoms with Crippen LogP contribution in [0.1, 0.15) is 35.5 Å². The van der Waals surface area contributed by atoms with E-state index >= 15 is 0 Å². The Morgan fingerprint density at radius 2 is 2.30 bits per heavy atom. The highest BCUT2D eigenvalue weighted by Crippen LogP contribution is 2.35. The number of hydrogen-bond donors (Lipinski definition) is 1. The molecular weight excluding hydrogens is 422 g/mol. The molecular formula is C21H23N3O4S2. The number of carbonyl (C=O) groups is 1. The summed E-state index contributed by atoms with van der Waals surface area (Å²) in [5.74, 6) is 0.811. The van der Waals surface area contributed by atoms with E-state index in [0.717, 1.165) is 54.5 Å². The number of hydrogen-bond acceptors (Lipinski definition) is 7. The van der Waals surface area contributed by atoms with Crippen molar-refractivity contribution in [3.63, 3.8) is 0 Å². The summed E-state index contributed by atoms with van der Waals surface area (Å²) < 4.78 is 12.7. The molecule has 7 nitrogen and oxygen atoms in total. The van der Waals surface area contributed by atoms with Gasteiger partial charge in [-0.05, 0) is 49.8 Å². The summed E-state index contributed by atoms with van der Waals surface area (Å²) in [5, 5.41) is 4.22.